The van der Waals surface area contributed by atoms with Crippen molar-refractivity contribution in [1.82, 2.24) is 0 Å². The molecule has 18 heavy (non-hydrogen) atoms. The Balaban J connectivity index is 0.00000289. The van der Waals surface area contributed by atoms with Gasteiger partial charge in [0.2, 0.25) is 0 Å². The van der Waals surface area contributed by atoms with Crippen molar-refractivity contribution in [2.75, 3.05) is 7.11 Å². The average Bonchev–Trinajstić information content (AvgIpc) is 2.28. The van der Waals surface area contributed by atoms with E-state index < -0.39 is 0 Å². The average molecular weight is 272 g/mol. The number of ether oxygens (including phenoxy) is 1. The first kappa shape index (κ1) is 17.3. The van der Waals surface area contributed by atoms with Crippen LogP contribution < -0.4 is 10.5 Å². The van der Waals surface area contributed by atoms with E-state index in [0.29, 0.717) is 0 Å². The van der Waals surface area contributed by atoms with Gasteiger partial charge in [-0.15, -0.1) is 12.4 Å². The van der Waals surface area contributed by atoms with Gasteiger partial charge in [0.1, 0.15) is 5.75 Å². The Morgan fingerprint density at radius 3 is 2.17 bits per heavy atom. The molecule has 0 aliphatic carbocycles. The molecule has 0 unspecified atom stereocenters. The number of hydrogen-bond donors (Lipinski definition) is 1. The zero-order valence-electron chi connectivity index (χ0n) is 12.0. The first-order chi connectivity index (χ1) is 8.10. The molecule has 0 saturated carbocycles. The van der Waals surface area contributed by atoms with Crippen LogP contribution in [0.2, 0.25) is 0 Å². The second kappa shape index (κ2) is 8.39. The number of rotatable bonds is 6. The smallest absolute Gasteiger partial charge is 0.124 e. The summed E-state index contributed by atoms with van der Waals surface area (Å²) in [6, 6.07) is 4.47. The van der Waals surface area contributed by atoms with Gasteiger partial charge in [0.05, 0.1) is 7.11 Å². The zero-order valence-corrected chi connectivity index (χ0v) is 12.8. The third-order valence-electron chi connectivity index (χ3n) is 3.23. The predicted molar refractivity (Wildman–Crippen MR) is 80.8 cm³/mol. The predicted octanol–water partition coefficient (Wildman–Crippen LogP) is 4.31. The van der Waals surface area contributed by atoms with Crippen molar-refractivity contribution in [1.29, 1.82) is 0 Å². The standard InChI is InChI=1S/C15H25NO.ClH/c1-5-6-7-8-14(16)13-9-11(2)15(17-4)12(3)10-13;/h9-10,14H,5-8,16H2,1-4H3;1H/t14-;/m1./s1. The van der Waals surface area contributed by atoms with Gasteiger partial charge in [0, 0.05) is 6.04 Å². The molecule has 0 amide bonds. The summed E-state index contributed by atoms with van der Waals surface area (Å²) in [5, 5.41) is 0. The van der Waals surface area contributed by atoms with E-state index in [2.05, 4.69) is 32.9 Å². The SMILES string of the molecule is CCCCC[C@@H](N)c1cc(C)c(OC)c(C)c1.Cl. The van der Waals surface area contributed by atoms with Crippen LogP contribution >= 0.6 is 12.4 Å². The lowest BCUT2D eigenvalue weighted by atomic mass is 9.97. The molecular weight excluding hydrogens is 246 g/mol. The molecule has 2 nitrogen and oxygen atoms in total. The van der Waals surface area contributed by atoms with Crippen LogP contribution in [-0.2, 0) is 0 Å². The quantitative estimate of drug-likeness (QED) is 0.783. The number of halogens is 1. The first-order valence-corrected chi connectivity index (χ1v) is 6.50. The van der Waals surface area contributed by atoms with Crippen molar-refractivity contribution in [3.8, 4) is 5.75 Å². The summed E-state index contributed by atoms with van der Waals surface area (Å²) < 4.78 is 5.37. The highest BCUT2D eigenvalue weighted by atomic mass is 35.5. The Labute approximate surface area is 117 Å². The second-order valence-corrected chi connectivity index (χ2v) is 4.79. The summed E-state index contributed by atoms with van der Waals surface area (Å²) >= 11 is 0. The van der Waals surface area contributed by atoms with Crippen LogP contribution in [0.3, 0.4) is 0 Å². The number of methoxy groups -OCH3 is 1. The molecule has 104 valence electrons. The highest BCUT2D eigenvalue weighted by Gasteiger charge is 2.10. The topological polar surface area (TPSA) is 35.2 Å². The van der Waals surface area contributed by atoms with Gasteiger partial charge in [-0.05, 0) is 37.0 Å². The molecule has 1 aromatic carbocycles. The summed E-state index contributed by atoms with van der Waals surface area (Å²) in [6.45, 7) is 6.37. The molecule has 0 heterocycles. The number of benzene rings is 1. The van der Waals surface area contributed by atoms with Crippen molar-refractivity contribution in [3.05, 3.63) is 28.8 Å². The van der Waals surface area contributed by atoms with Crippen LogP contribution in [0, 0.1) is 13.8 Å². The summed E-state index contributed by atoms with van der Waals surface area (Å²) in [5.41, 5.74) is 9.81. The fourth-order valence-electron chi connectivity index (χ4n) is 2.30. The number of aryl methyl sites for hydroxylation is 2. The van der Waals surface area contributed by atoms with Crippen molar-refractivity contribution in [2.24, 2.45) is 5.73 Å². The van der Waals surface area contributed by atoms with Gasteiger partial charge >= 0.3 is 0 Å². The van der Waals surface area contributed by atoms with Crippen molar-refractivity contribution in [2.45, 2.75) is 52.5 Å². The molecule has 0 bridgehead atoms. The van der Waals surface area contributed by atoms with Crippen molar-refractivity contribution < 1.29 is 4.74 Å². The van der Waals surface area contributed by atoms with Gasteiger partial charge in [-0.25, -0.2) is 0 Å². The van der Waals surface area contributed by atoms with E-state index in [1.54, 1.807) is 7.11 Å². The lowest BCUT2D eigenvalue weighted by molar-refractivity contribution is 0.408. The summed E-state index contributed by atoms with van der Waals surface area (Å²) in [7, 11) is 1.72. The molecule has 1 atom stereocenters. The molecule has 2 N–H and O–H groups in total. The second-order valence-electron chi connectivity index (χ2n) is 4.79. The van der Waals surface area contributed by atoms with Crippen LogP contribution in [0.15, 0.2) is 12.1 Å². The van der Waals surface area contributed by atoms with Gasteiger partial charge in [-0.2, -0.15) is 0 Å². The molecule has 0 radical (unpaired) electrons. The maximum Gasteiger partial charge on any atom is 0.124 e. The van der Waals surface area contributed by atoms with Crippen LogP contribution in [0.4, 0.5) is 0 Å². The minimum absolute atomic E-state index is 0. The number of hydrogen-bond acceptors (Lipinski definition) is 2. The lowest BCUT2D eigenvalue weighted by Crippen LogP contribution is -2.11. The third-order valence-corrected chi connectivity index (χ3v) is 3.23. The summed E-state index contributed by atoms with van der Waals surface area (Å²) in [6.07, 6.45) is 4.79. The fourth-order valence-corrected chi connectivity index (χ4v) is 2.30. The van der Waals surface area contributed by atoms with Crippen LogP contribution in [-0.4, -0.2) is 7.11 Å². The Morgan fingerprint density at radius 1 is 1.17 bits per heavy atom. The normalized spacial score (nSPS) is 11.8. The molecule has 0 saturated heterocycles. The van der Waals surface area contributed by atoms with Gasteiger partial charge in [-0.3, -0.25) is 0 Å². The Bertz CT molecular complexity index is 343. The van der Waals surface area contributed by atoms with Gasteiger partial charge in [-0.1, -0.05) is 38.3 Å². The molecule has 0 aliphatic rings. The van der Waals surface area contributed by atoms with E-state index in [1.165, 1.54) is 36.0 Å². The van der Waals surface area contributed by atoms with Gasteiger partial charge in [0.15, 0.2) is 0 Å². The maximum absolute atomic E-state index is 6.22. The van der Waals surface area contributed by atoms with Crippen molar-refractivity contribution >= 4 is 12.4 Å². The Hall–Kier alpha value is -0.730. The fraction of sp³-hybridized carbons (Fsp3) is 0.600. The third kappa shape index (κ3) is 4.51. The molecule has 3 heteroatoms. The Kier molecular flexibility index (Phi) is 8.05. The monoisotopic (exact) mass is 271 g/mol. The lowest BCUT2D eigenvalue weighted by Gasteiger charge is -2.16. The highest BCUT2D eigenvalue weighted by molar-refractivity contribution is 5.85. The van der Waals surface area contributed by atoms with Gasteiger partial charge in [0.25, 0.3) is 0 Å². The molecule has 0 aromatic heterocycles. The molecule has 0 aliphatic heterocycles. The van der Waals surface area contributed by atoms with Gasteiger partial charge < -0.3 is 10.5 Å². The summed E-state index contributed by atoms with van der Waals surface area (Å²) in [5.74, 6) is 0.981. The minimum atomic E-state index is 0. The molecular formula is C15H26ClNO. The zero-order chi connectivity index (χ0) is 12.8. The highest BCUT2D eigenvalue weighted by Crippen LogP contribution is 2.28. The molecule has 0 spiro atoms. The van der Waals surface area contributed by atoms with E-state index in [0.717, 1.165) is 12.2 Å². The maximum atomic E-state index is 6.22. The van der Waals surface area contributed by atoms with E-state index in [9.17, 15) is 0 Å². The Morgan fingerprint density at radius 2 is 1.72 bits per heavy atom. The summed E-state index contributed by atoms with van der Waals surface area (Å²) in [4.78, 5) is 0. The number of unbranched alkanes of at least 4 members (excludes halogenated alkanes) is 2. The van der Waals surface area contributed by atoms with Crippen LogP contribution in [0.1, 0.15) is 55.3 Å². The molecule has 1 rings (SSSR count). The largest absolute Gasteiger partial charge is 0.496 e. The van der Waals surface area contributed by atoms with Crippen LogP contribution in [0.25, 0.3) is 0 Å². The molecule has 0 fully saturated rings. The van der Waals surface area contributed by atoms with E-state index >= 15 is 0 Å². The van der Waals surface area contributed by atoms with Crippen molar-refractivity contribution in [3.63, 3.8) is 0 Å². The van der Waals surface area contributed by atoms with E-state index in [1.807, 2.05) is 0 Å². The minimum Gasteiger partial charge on any atom is -0.496 e. The molecule has 1 aromatic rings. The number of nitrogens with two attached hydrogens (primary N) is 1. The van der Waals surface area contributed by atoms with Crippen LogP contribution in [0.5, 0.6) is 5.75 Å². The first-order valence-electron chi connectivity index (χ1n) is 6.50. The van der Waals surface area contributed by atoms with E-state index in [-0.39, 0.29) is 18.4 Å². The van der Waals surface area contributed by atoms with E-state index in [4.69, 9.17) is 10.5 Å².